The van der Waals surface area contributed by atoms with Gasteiger partial charge in [-0.25, -0.2) is 0 Å². The van der Waals surface area contributed by atoms with Crippen LogP contribution in [-0.2, 0) is 4.79 Å². The average Bonchev–Trinajstić information content (AvgIpc) is 2.97. The minimum Gasteiger partial charge on any atom is -0.451 e. The van der Waals surface area contributed by atoms with Crippen molar-refractivity contribution in [2.75, 3.05) is 5.32 Å². The summed E-state index contributed by atoms with van der Waals surface area (Å²) in [6.07, 6.45) is 0. The van der Waals surface area contributed by atoms with Crippen LogP contribution in [0.1, 0.15) is 36.0 Å². The van der Waals surface area contributed by atoms with Crippen LogP contribution in [0.3, 0.4) is 0 Å². The molecule has 0 radical (unpaired) electrons. The summed E-state index contributed by atoms with van der Waals surface area (Å²) in [5.41, 5.74) is 2.24. The molecule has 5 nitrogen and oxygen atoms in total. The molecule has 0 spiro atoms. The van der Waals surface area contributed by atoms with E-state index in [-0.39, 0.29) is 23.6 Å². The van der Waals surface area contributed by atoms with Crippen molar-refractivity contribution in [2.24, 2.45) is 0 Å². The number of benzene rings is 2. The Kier molecular flexibility index (Phi) is 4.90. The Morgan fingerprint density at radius 1 is 1.12 bits per heavy atom. The summed E-state index contributed by atoms with van der Waals surface area (Å²) in [6, 6.07) is 14.4. The number of carbonyl (C=O) groups is 2. The maximum Gasteiger partial charge on any atom is 0.287 e. The van der Waals surface area contributed by atoms with E-state index < -0.39 is 0 Å². The Labute approximate surface area is 153 Å². The van der Waals surface area contributed by atoms with Crippen LogP contribution in [0, 0.1) is 0 Å². The molecule has 1 heterocycles. The third kappa shape index (κ3) is 4.09. The van der Waals surface area contributed by atoms with E-state index in [2.05, 4.69) is 26.6 Å². The Hall–Kier alpha value is -2.60. The van der Waals surface area contributed by atoms with E-state index in [1.165, 1.54) is 6.92 Å². The van der Waals surface area contributed by atoms with Gasteiger partial charge in [-0.1, -0.05) is 28.1 Å². The predicted molar refractivity (Wildman–Crippen MR) is 101 cm³/mol. The molecule has 2 N–H and O–H groups in total. The lowest BCUT2D eigenvalue weighted by Gasteiger charge is -2.14. The van der Waals surface area contributed by atoms with E-state index in [0.29, 0.717) is 11.3 Å². The lowest BCUT2D eigenvalue weighted by molar-refractivity contribution is -0.114. The molecule has 0 aliphatic rings. The number of fused-ring (bicyclic) bond motifs is 1. The summed E-state index contributed by atoms with van der Waals surface area (Å²) in [4.78, 5) is 23.6. The number of hydrogen-bond donors (Lipinski definition) is 2. The van der Waals surface area contributed by atoms with E-state index in [1.54, 1.807) is 12.1 Å². The van der Waals surface area contributed by atoms with Gasteiger partial charge in [0.05, 0.1) is 6.04 Å². The van der Waals surface area contributed by atoms with Gasteiger partial charge in [0.1, 0.15) is 5.58 Å². The molecule has 3 aromatic rings. The molecule has 0 bridgehead atoms. The second-order valence-electron chi connectivity index (χ2n) is 5.79. The molecular formula is C19H17BrN2O3. The number of nitrogens with one attached hydrogen (secondary N) is 2. The van der Waals surface area contributed by atoms with Gasteiger partial charge in [-0.3, -0.25) is 9.59 Å². The molecular weight excluding hydrogens is 384 g/mol. The molecule has 0 fully saturated rings. The molecule has 25 heavy (non-hydrogen) atoms. The van der Waals surface area contributed by atoms with E-state index >= 15 is 0 Å². The number of furan rings is 1. The zero-order valence-electron chi connectivity index (χ0n) is 13.8. The number of carbonyl (C=O) groups excluding carboxylic acids is 2. The van der Waals surface area contributed by atoms with Crippen molar-refractivity contribution in [3.63, 3.8) is 0 Å². The highest BCUT2D eigenvalue weighted by Gasteiger charge is 2.16. The number of anilines is 1. The second kappa shape index (κ2) is 7.11. The lowest BCUT2D eigenvalue weighted by atomic mass is 10.1. The van der Waals surface area contributed by atoms with Gasteiger partial charge < -0.3 is 15.1 Å². The Morgan fingerprint density at radius 3 is 2.68 bits per heavy atom. The summed E-state index contributed by atoms with van der Waals surface area (Å²) in [7, 11) is 0. The zero-order chi connectivity index (χ0) is 18.0. The first-order valence-electron chi connectivity index (χ1n) is 7.80. The summed E-state index contributed by atoms with van der Waals surface area (Å²) in [5, 5.41) is 6.51. The maximum atomic E-state index is 12.5. The Balaban J connectivity index is 1.76. The third-order valence-electron chi connectivity index (χ3n) is 3.76. The number of amides is 2. The molecule has 2 aromatic carbocycles. The highest BCUT2D eigenvalue weighted by atomic mass is 79.9. The van der Waals surface area contributed by atoms with Gasteiger partial charge >= 0.3 is 0 Å². The summed E-state index contributed by atoms with van der Waals surface area (Å²) in [5.74, 6) is -0.162. The molecule has 0 aliphatic carbocycles. The van der Waals surface area contributed by atoms with Gasteiger partial charge in [-0.05, 0) is 48.9 Å². The molecule has 1 unspecified atom stereocenters. The minimum atomic E-state index is -0.287. The summed E-state index contributed by atoms with van der Waals surface area (Å²) < 4.78 is 6.53. The standard InChI is InChI=1S/C19H17BrN2O3/c1-11(13-4-3-5-16(9-13)22-12(2)23)21-19(24)18-10-14-8-15(20)6-7-17(14)25-18/h3-11H,1-2H3,(H,21,24)(H,22,23). The van der Waals surface area contributed by atoms with Crippen molar-refractivity contribution in [1.29, 1.82) is 0 Å². The van der Waals surface area contributed by atoms with Crippen LogP contribution in [0.4, 0.5) is 5.69 Å². The molecule has 0 saturated heterocycles. The monoisotopic (exact) mass is 400 g/mol. The van der Waals surface area contributed by atoms with Crippen molar-refractivity contribution in [3.8, 4) is 0 Å². The van der Waals surface area contributed by atoms with E-state index in [4.69, 9.17) is 4.42 Å². The van der Waals surface area contributed by atoms with Gasteiger partial charge in [0.25, 0.3) is 5.91 Å². The maximum absolute atomic E-state index is 12.5. The SMILES string of the molecule is CC(=O)Nc1cccc(C(C)NC(=O)c2cc3cc(Br)ccc3o2)c1. The van der Waals surface area contributed by atoms with Crippen molar-refractivity contribution >= 4 is 44.4 Å². The highest BCUT2D eigenvalue weighted by Crippen LogP contribution is 2.24. The largest absolute Gasteiger partial charge is 0.451 e. The van der Waals surface area contributed by atoms with Crippen LogP contribution < -0.4 is 10.6 Å². The third-order valence-corrected chi connectivity index (χ3v) is 4.25. The first kappa shape index (κ1) is 17.2. The van der Waals surface area contributed by atoms with Crippen LogP contribution >= 0.6 is 15.9 Å². The zero-order valence-corrected chi connectivity index (χ0v) is 15.4. The van der Waals surface area contributed by atoms with E-state index in [0.717, 1.165) is 15.4 Å². The van der Waals surface area contributed by atoms with Crippen LogP contribution in [0.15, 0.2) is 57.4 Å². The van der Waals surface area contributed by atoms with Gasteiger partial charge in [0.15, 0.2) is 5.76 Å². The highest BCUT2D eigenvalue weighted by molar-refractivity contribution is 9.10. The molecule has 2 amide bonds. The fourth-order valence-electron chi connectivity index (χ4n) is 2.57. The molecule has 3 rings (SSSR count). The van der Waals surface area contributed by atoms with Crippen molar-refractivity contribution in [2.45, 2.75) is 19.9 Å². The number of rotatable bonds is 4. The fourth-order valence-corrected chi connectivity index (χ4v) is 2.95. The van der Waals surface area contributed by atoms with Crippen LogP contribution in [0.2, 0.25) is 0 Å². The fraction of sp³-hybridized carbons (Fsp3) is 0.158. The van der Waals surface area contributed by atoms with Gasteiger partial charge in [0, 0.05) is 22.5 Å². The minimum absolute atomic E-state index is 0.137. The topological polar surface area (TPSA) is 71.3 Å². The predicted octanol–water partition coefficient (Wildman–Crippen LogP) is 4.64. The molecule has 1 aromatic heterocycles. The summed E-state index contributed by atoms with van der Waals surface area (Å²) >= 11 is 3.40. The first-order chi connectivity index (χ1) is 11.9. The van der Waals surface area contributed by atoms with Crippen molar-refractivity contribution < 1.29 is 14.0 Å². The lowest BCUT2D eigenvalue weighted by Crippen LogP contribution is -2.26. The average molecular weight is 401 g/mol. The van der Waals surface area contributed by atoms with E-state index in [9.17, 15) is 9.59 Å². The van der Waals surface area contributed by atoms with Gasteiger partial charge in [0.2, 0.25) is 5.91 Å². The molecule has 0 saturated carbocycles. The van der Waals surface area contributed by atoms with Crippen LogP contribution in [0.25, 0.3) is 11.0 Å². The van der Waals surface area contributed by atoms with Crippen LogP contribution in [0.5, 0.6) is 0 Å². The molecule has 128 valence electrons. The quantitative estimate of drug-likeness (QED) is 0.669. The number of halogens is 1. The Morgan fingerprint density at radius 2 is 1.92 bits per heavy atom. The Bertz CT molecular complexity index is 949. The molecule has 1 atom stereocenters. The number of hydrogen-bond acceptors (Lipinski definition) is 3. The van der Waals surface area contributed by atoms with Gasteiger partial charge in [-0.15, -0.1) is 0 Å². The van der Waals surface area contributed by atoms with Crippen molar-refractivity contribution in [1.82, 2.24) is 5.32 Å². The molecule has 6 heteroatoms. The normalized spacial score (nSPS) is 12.0. The van der Waals surface area contributed by atoms with Gasteiger partial charge in [-0.2, -0.15) is 0 Å². The first-order valence-corrected chi connectivity index (χ1v) is 8.59. The van der Waals surface area contributed by atoms with Crippen LogP contribution in [-0.4, -0.2) is 11.8 Å². The molecule has 0 aliphatic heterocycles. The second-order valence-corrected chi connectivity index (χ2v) is 6.71. The smallest absolute Gasteiger partial charge is 0.287 e. The summed E-state index contributed by atoms with van der Waals surface area (Å²) in [6.45, 7) is 3.34. The van der Waals surface area contributed by atoms with E-state index in [1.807, 2.05) is 43.3 Å². The van der Waals surface area contributed by atoms with Crippen molar-refractivity contribution in [3.05, 3.63) is 64.3 Å².